The van der Waals surface area contributed by atoms with Gasteiger partial charge in [-0.1, -0.05) is 305 Å². The molecule has 17 aromatic carbocycles. The quantitative estimate of drug-likeness (QED) is 0.153. The molecule has 1 aliphatic carbocycles. The maximum Gasteiger partial charge on any atom is 0.235 e. The molecule has 0 saturated carbocycles. The molecule has 0 fully saturated rings. The molecule has 0 amide bonds. The van der Waals surface area contributed by atoms with Crippen LogP contribution in [0.25, 0.3) is 265 Å². The second-order valence-corrected chi connectivity index (χ2v) is 38.0. The highest BCUT2D eigenvalue weighted by molar-refractivity contribution is 7.28. The number of pyridine rings is 3. The van der Waals surface area contributed by atoms with Crippen LogP contribution in [0.15, 0.2) is 401 Å². The van der Waals surface area contributed by atoms with Crippen LogP contribution in [0.2, 0.25) is 0 Å². The van der Waals surface area contributed by atoms with Gasteiger partial charge in [-0.2, -0.15) is 0 Å². The Hall–Kier alpha value is -17.0. The maximum atomic E-state index is 8.75. The Labute approximate surface area is 790 Å². The number of rotatable bonds is 7. The van der Waals surface area contributed by atoms with E-state index in [-0.39, 0.29) is 28.8 Å². The van der Waals surface area contributed by atoms with Gasteiger partial charge in [0.2, 0.25) is 11.9 Å². The summed E-state index contributed by atoms with van der Waals surface area (Å²) >= 11 is 5.46. The number of hydrogen-bond donors (Lipinski definition) is 0. The molecular weight excluding hydrogens is 1710 g/mol. The van der Waals surface area contributed by atoms with E-state index in [1.54, 1.807) is 23.6 Å². The number of thiophene rings is 3. The van der Waals surface area contributed by atoms with Crippen LogP contribution in [0.3, 0.4) is 0 Å². The highest BCUT2D eigenvalue weighted by atomic mass is 32.1. The standard InChI is InChI=1S/C50H32N4S.2C35H20N4S/c1-50(2)38-20-8-5-15-32(38)33-25-24-29(28-39(33)50)45-46-40(21-12-26-51-46)52-49(53-45)30-13-11-14-31(27-30)54-41-22-9-6-18-36(41)43-34-16-3-4-17-35(34)48-44(47(43)54)37-19-7-10-23-42(37)55-48;2*1-2-11-21(12-3-1)31-32-26(17-10-20-36-32)37-35(38-31)39-27-18-8-6-15-24(27)29-22-13-4-5-14-23(22)30-25-16-7-9-19-28(25)40-34(30)33(29)39/h3-28H,1-2H3;2*1-20H/i;1D,2D,3D,11D,12D;. The first kappa shape index (κ1) is 71.8. The highest BCUT2D eigenvalue weighted by Crippen LogP contribution is 2.55. The summed E-state index contributed by atoms with van der Waals surface area (Å²) in [6.07, 6.45) is 5.24. The average Bonchev–Trinajstić information content (AvgIpc) is 1.54. The molecule has 12 heterocycles. The predicted octanol–water partition coefficient (Wildman–Crippen LogP) is 31.9. The number of hydrogen-bond acceptors (Lipinski definition) is 12. The molecule has 0 spiro atoms. The summed E-state index contributed by atoms with van der Waals surface area (Å²) in [4.78, 5) is 45.0. The van der Waals surface area contributed by atoms with Crippen LogP contribution < -0.4 is 0 Å². The van der Waals surface area contributed by atoms with Crippen LogP contribution in [0.5, 0.6) is 0 Å². The molecule has 0 aliphatic heterocycles. The van der Waals surface area contributed by atoms with Crippen LogP contribution in [-0.4, -0.2) is 58.6 Å². The molecule has 0 atom stereocenters. The largest absolute Gasteiger partial charge is 0.309 e. The van der Waals surface area contributed by atoms with Gasteiger partial charge in [-0.25, -0.2) is 29.9 Å². The van der Waals surface area contributed by atoms with Crippen molar-refractivity contribution in [2.75, 3.05) is 0 Å². The van der Waals surface area contributed by atoms with Crippen LogP contribution in [0.4, 0.5) is 0 Å². The van der Waals surface area contributed by atoms with Gasteiger partial charge >= 0.3 is 0 Å². The lowest BCUT2D eigenvalue weighted by Gasteiger charge is -2.22. The zero-order valence-electron chi connectivity index (χ0n) is 77.3. The van der Waals surface area contributed by atoms with Gasteiger partial charge in [0.05, 0.1) is 65.9 Å². The Morgan fingerprint density at radius 2 is 0.674 bits per heavy atom. The Morgan fingerprint density at radius 3 is 1.22 bits per heavy atom. The number of nitrogens with zero attached hydrogens (tertiary/aromatic N) is 12. The minimum absolute atomic E-state index is 0.00780. The zero-order chi connectivity index (χ0) is 93.2. The molecule has 12 aromatic heterocycles. The van der Waals surface area contributed by atoms with Gasteiger partial charge in [0, 0.05) is 141 Å². The third-order valence-electron chi connectivity index (χ3n) is 27.2. The number of benzene rings is 17. The van der Waals surface area contributed by atoms with Crippen molar-refractivity contribution in [3.8, 4) is 73.9 Å². The second kappa shape index (κ2) is 30.0. The molecule has 15 heteroatoms. The summed E-state index contributed by atoms with van der Waals surface area (Å²) in [6, 6.07) is 122. The fourth-order valence-corrected chi connectivity index (χ4v) is 25.2. The van der Waals surface area contributed by atoms with E-state index in [1.165, 1.54) is 132 Å². The Balaban J connectivity index is 0.000000104. The lowest BCUT2D eigenvalue weighted by atomic mass is 9.82. The zero-order valence-corrected chi connectivity index (χ0v) is 74.8. The van der Waals surface area contributed by atoms with Crippen molar-refractivity contribution in [3.05, 3.63) is 412 Å². The topological polar surface area (TPSA) is 131 Å². The van der Waals surface area contributed by atoms with Gasteiger partial charge in [0.25, 0.3) is 0 Å². The van der Waals surface area contributed by atoms with Crippen LogP contribution in [-0.2, 0) is 5.41 Å². The fourth-order valence-electron chi connectivity index (χ4n) is 21.4. The van der Waals surface area contributed by atoms with E-state index >= 15 is 0 Å². The molecule has 12 nitrogen and oxygen atoms in total. The Bertz CT molecular complexity index is 10400. The second-order valence-electron chi connectivity index (χ2n) is 34.9. The molecule has 1 aliphatic rings. The van der Waals surface area contributed by atoms with E-state index < -0.39 is 18.1 Å². The van der Waals surface area contributed by atoms with Gasteiger partial charge in [0.15, 0.2) is 5.82 Å². The summed E-state index contributed by atoms with van der Waals surface area (Å²) in [7, 11) is 0. The minimum Gasteiger partial charge on any atom is -0.309 e. The van der Waals surface area contributed by atoms with Gasteiger partial charge < -0.3 is 4.57 Å². The summed E-state index contributed by atoms with van der Waals surface area (Å²) < 4.78 is 56.5. The molecule has 630 valence electrons. The van der Waals surface area contributed by atoms with Crippen molar-refractivity contribution in [2.24, 2.45) is 0 Å². The molecule has 0 radical (unpaired) electrons. The molecule has 0 saturated heterocycles. The van der Waals surface area contributed by atoms with E-state index in [0.29, 0.717) is 28.8 Å². The highest BCUT2D eigenvalue weighted by Gasteiger charge is 2.37. The molecule has 29 aromatic rings. The lowest BCUT2D eigenvalue weighted by Crippen LogP contribution is -2.15. The molecule has 135 heavy (non-hydrogen) atoms. The van der Waals surface area contributed by atoms with Crippen molar-refractivity contribution >= 4 is 225 Å². The summed E-state index contributed by atoms with van der Waals surface area (Å²) in [5.74, 6) is 1.66. The monoisotopic (exact) mass is 1780 g/mol. The van der Waals surface area contributed by atoms with Crippen molar-refractivity contribution in [1.29, 1.82) is 0 Å². The summed E-state index contributed by atoms with van der Waals surface area (Å²) in [5, 5.41) is 22.0. The van der Waals surface area contributed by atoms with Crippen LogP contribution >= 0.6 is 34.0 Å². The minimum atomic E-state index is -0.457. The summed E-state index contributed by atoms with van der Waals surface area (Å²) in [6.45, 7) is 4.64. The maximum absolute atomic E-state index is 8.75. The number of fused-ring (bicyclic) bond motifs is 36. The van der Waals surface area contributed by atoms with E-state index in [2.05, 4.69) is 312 Å². The smallest absolute Gasteiger partial charge is 0.235 e. The lowest BCUT2D eigenvalue weighted by molar-refractivity contribution is 0.660. The summed E-state index contributed by atoms with van der Waals surface area (Å²) in [5.41, 5.74) is 21.7. The van der Waals surface area contributed by atoms with Crippen molar-refractivity contribution in [2.45, 2.75) is 19.3 Å². The van der Waals surface area contributed by atoms with Gasteiger partial charge in [-0.3, -0.25) is 24.1 Å². The van der Waals surface area contributed by atoms with Gasteiger partial charge in [-0.05, 0) is 140 Å². The van der Waals surface area contributed by atoms with E-state index in [9.17, 15) is 0 Å². The van der Waals surface area contributed by atoms with Crippen LogP contribution in [0, 0.1) is 0 Å². The molecular formula is C120H72N12S3. The van der Waals surface area contributed by atoms with Crippen molar-refractivity contribution in [1.82, 2.24) is 58.6 Å². The van der Waals surface area contributed by atoms with Gasteiger partial charge in [0.1, 0.15) is 33.6 Å². The number of aromatic nitrogens is 12. The first-order valence-corrected chi connectivity index (χ1v) is 47.4. The Morgan fingerprint density at radius 1 is 0.267 bits per heavy atom. The molecule has 0 N–H and O–H groups in total. The predicted molar refractivity (Wildman–Crippen MR) is 566 cm³/mol. The van der Waals surface area contributed by atoms with Crippen molar-refractivity contribution < 1.29 is 6.85 Å². The first-order valence-electron chi connectivity index (χ1n) is 47.5. The van der Waals surface area contributed by atoms with E-state index in [1.807, 2.05) is 102 Å². The SMILES string of the molecule is CC1(C)c2ccccc2-c2ccc(-c3nc(-c4cccc(-n5c6ccccc6c6c7ccccc7c7sc8ccccc8c7c65)c4)nc4cccnc34)cc21.[2H]c1c([2H])c([2H])c(-c2nc(-n3c4ccccc4c4c5ccccc5c5c6ccccc6sc5c43)nc3cccnc23)c([2H])c1[2H].c1ccc(-c2nc(-n3c4ccccc4c4c5ccccc5c5c6ccccc6sc5c43)nc3cccnc23)cc1. The average molecular weight is 1780 g/mol. The normalized spacial score (nSPS) is 13.1. The van der Waals surface area contributed by atoms with Crippen LogP contribution in [0.1, 0.15) is 31.8 Å². The molecule has 0 bridgehead atoms. The first-order chi connectivity index (χ1) is 68.8. The Kier molecular flexibility index (Phi) is 16.0. The molecule has 0 unspecified atom stereocenters. The number of para-hydroxylation sites is 3. The van der Waals surface area contributed by atoms with E-state index in [4.69, 9.17) is 46.7 Å². The van der Waals surface area contributed by atoms with E-state index in [0.717, 1.165) is 104 Å². The molecule has 30 rings (SSSR count). The van der Waals surface area contributed by atoms with Gasteiger partial charge in [-0.15, -0.1) is 34.0 Å². The van der Waals surface area contributed by atoms with Crippen molar-refractivity contribution in [3.63, 3.8) is 0 Å². The third-order valence-corrected chi connectivity index (χ3v) is 30.8. The third kappa shape index (κ3) is 11.6. The fraction of sp³-hybridized carbons (Fsp3) is 0.0250.